The molecule has 0 aliphatic carbocycles. The molecule has 0 aromatic heterocycles. The Morgan fingerprint density at radius 3 is 2.61 bits per heavy atom. The summed E-state index contributed by atoms with van der Waals surface area (Å²) in [4.78, 5) is 51.2. The standard InChI is InChI=1S/C25H32ClN2O9P/c1-17-9-5-2-3-8-12-35-25(31)23-19(24(26)21(15-20(23)29)37-38(32,33)34)14-18(13-17)27-36-16-22(30)28-10-6-4-7-11-28/h2-3,13-15,27,29H,4-12,16H2,1H3,(H2,32,33,34)/b3-2?,17-13+,18-14-. The Balaban J connectivity index is 2.01. The van der Waals surface area contributed by atoms with Crippen molar-refractivity contribution in [1.82, 2.24) is 10.4 Å². The maximum atomic E-state index is 12.9. The van der Waals surface area contributed by atoms with Gasteiger partial charge in [-0.15, -0.1) is 0 Å². The van der Waals surface area contributed by atoms with E-state index in [0.717, 1.165) is 37.3 Å². The van der Waals surface area contributed by atoms with Gasteiger partial charge >= 0.3 is 13.8 Å². The van der Waals surface area contributed by atoms with Gasteiger partial charge in [0.25, 0.3) is 5.91 Å². The summed E-state index contributed by atoms with van der Waals surface area (Å²) in [7, 11) is -5.05. The van der Waals surface area contributed by atoms with Crippen LogP contribution in [0.4, 0.5) is 0 Å². The van der Waals surface area contributed by atoms with E-state index in [2.05, 4.69) is 10.0 Å². The molecule has 1 fully saturated rings. The number of hydrogen-bond donors (Lipinski definition) is 4. The number of phosphoric acid groups is 1. The number of fused-ring (bicyclic) bond motifs is 1. The number of esters is 1. The maximum Gasteiger partial charge on any atom is 0.524 e. The number of phenolic OH excluding ortho intramolecular Hbond substituents is 1. The average molecular weight is 571 g/mol. The molecule has 1 aromatic rings. The number of nitrogens with one attached hydrogen (secondary N) is 1. The number of phosphoric ester groups is 1. The lowest BCUT2D eigenvalue weighted by atomic mass is 10.0. The topological polar surface area (TPSA) is 155 Å². The van der Waals surface area contributed by atoms with Crippen molar-refractivity contribution in [2.75, 3.05) is 26.3 Å². The predicted molar refractivity (Wildman–Crippen MR) is 140 cm³/mol. The van der Waals surface area contributed by atoms with Crippen LogP contribution in [0.25, 0.3) is 6.08 Å². The van der Waals surface area contributed by atoms with Crippen LogP contribution in [-0.2, 0) is 18.9 Å². The van der Waals surface area contributed by atoms with E-state index >= 15 is 0 Å². The van der Waals surface area contributed by atoms with E-state index in [4.69, 9.17) is 21.2 Å². The number of nitrogens with zero attached hydrogens (tertiary/aromatic N) is 1. The van der Waals surface area contributed by atoms with Crippen molar-refractivity contribution in [2.24, 2.45) is 0 Å². The predicted octanol–water partition coefficient (Wildman–Crippen LogP) is 4.23. The number of carbonyl (C=O) groups is 2. The number of piperidine rings is 1. The molecule has 208 valence electrons. The van der Waals surface area contributed by atoms with E-state index in [9.17, 15) is 29.0 Å². The molecule has 0 unspecified atom stereocenters. The average Bonchev–Trinajstić information content (AvgIpc) is 2.85. The van der Waals surface area contributed by atoms with Gasteiger partial charge in [-0.25, -0.2) is 9.36 Å². The van der Waals surface area contributed by atoms with Crippen LogP contribution in [0.15, 0.2) is 35.6 Å². The van der Waals surface area contributed by atoms with Crippen molar-refractivity contribution in [3.05, 3.63) is 51.7 Å². The summed E-state index contributed by atoms with van der Waals surface area (Å²) in [6, 6.07) is 0.834. The number of ether oxygens (including phenoxy) is 1. The minimum absolute atomic E-state index is 0.0396. The molecular formula is C25H32ClN2O9P. The molecule has 11 nitrogen and oxygen atoms in total. The van der Waals surface area contributed by atoms with E-state index in [1.165, 1.54) is 6.08 Å². The number of likely N-dealkylation sites (tertiary alicyclic amines) is 1. The Morgan fingerprint density at radius 2 is 1.89 bits per heavy atom. The Morgan fingerprint density at radius 1 is 1.18 bits per heavy atom. The van der Waals surface area contributed by atoms with Gasteiger partial charge in [-0.1, -0.05) is 29.3 Å². The number of carbonyl (C=O) groups excluding carboxylic acids is 2. The highest BCUT2D eigenvalue weighted by molar-refractivity contribution is 7.46. The number of phenols is 1. The molecule has 1 saturated heterocycles. The quantitative estimate of drug-likeness (QED) is 0.169. The van der Waals surface area contributed by atoms with Gasteiger partial charge in [0.1, 0.15) is 11.3 Å². The number of benzene rings is 1. The Kier molecular flexibility index (Phi) is 10.8. The summed E-state index contributed by atoms with van der Waals surface area (Å²) in [5.41, 5.74) is 3.44. The van der Waals surface area contributed by atoms with Gasteiger partial charge in [0, 0.05) is 24.7 Å². The van der Waals surface area contributed by atoms with Crippen LogP contribution in [0.5, 0.6) is 11.5 Å². The van der Waals surface area contributed by atoms with Gasteiger partial charge in [-0.3, -0.25) is 24.9 Å². The van der Waals surface area contributed by atoms with Gasteiger partial charge in [0.05, 0.1) is 17.3 Å². The zero-order chi connectivity index (χ0) is 27.7. The number of cyclic esters (lactones) is 1. The lowest BCUT2D eigenvalue weighted by Gasteiger charge is -2.26. The van der Waals surface area contributed by atoms with Crippen molar-refractivity contribution in [3.63, 3.8) is 0 Å². The van der Waals surface area contributed by atoms with E-state index in [1.807, 2.05) is 19.1 Å². The van der Waals surface area contributed by atoms with Gasteiger partial charge in [-0.2, -0.15) is 0 Å². The van der Waals surface area contributed by atoms with Crippen molar-refractivity contribution in [3.8, 4) is 11.5 Å². The number of amides is 1. The number of rotatable bonds is 6. The molecule has 0 atom stereocenters. The minimum atomic E-state index is -5.05. The smallest absolute Gasteiger partial charge is 0.507 e. The monoisotopic (exact) mass is 570 g/mol. The first-order valence-electron chi connectivity index (χ1n) is 12.2. The molecule has 4 N–H and O–H groups in total. The van der Waals surface area contributed by atoms with Crippen LogP contribution in [-0.4, -0.2) is 58.0 Å². The van der Waals surface area contributed by atoms with Gasteiger partial charge < -0.3 is 19.3 Å². The Labute approximate surface area is 225 Å². The largest absolute Gasteiger partial charge is 0.524 e. The number of aromatic hydroxyl groups is 1. The summed E-state index contributed by atoms with van der Waals surface area (Å²) in [6.07, 6.45) is 11.7. The molecule has 0 spiro atoms. The molecule has 0 bridgehead atoms. The second kappa shape index (κ2) is 13.8. The second-order valence-corrected chi connectivity index (χ2v) is 10.5. The van der Waals surface area contributed by atoms with Crippen molar-refractivity contribution in [1.29, 1.82) is 0 Å². The summed E-state index contributed by atoms with van der Waals surface area (Å²) >= 11 is 6.42. The zero-order valence-electron chi connectivity index (χ0n) is 21.0. The lowest BCUT2D eigenvalue weighted by molar-refractivity contribution is -0.139. The highest BCUT2D eigenvalue weighted by Crippen LogP contribution is 2.45. The molecule has 1 aromatic carbocycles. The number of halogens is 1. The molecule has 2 heterocycles. The minimum Gasteiger partial charge on any atom is -0.507 e. The van der Waals surface area contributed by atoms with E-state index in [1.54, 1.807) is 11.0 Å². The third kappa shape index (κ3) is 8.89. The van der Waals surface area contributed by atoms with Crippen LogP contribution in [0.1, 0.15) is 61.4 Å². The second-order valence-electron chi connectivity index (χ2n) is 8.94. The van der Waals surface area contributed by atoms with Crippen LogP contribution in [0, 0.1) is 0 Å². The van der Waals surface area contributed by atoms with E-state index in [-0.39, 0.29) is 41.0 Å². The third-order valence-electron chi connectivity index (χ3n) is 5.85. The van der Waals surface area contributed by atoms with Gasteiger partial charge in [-0.05, 0) is 57.6 Å². The molecule has 2 aliphatic heterocycles. The van der Waals surface area contributed by atoms with Crippen LogP contribution in [0.2, 0.25) is 5.02 Å². The molecule has 1 amide bonds. The Bertz CT molecular complexity index is 1170. The summed E-state index contributed by atoms with van der Waals surface area (Å²) in [5.74, 6) is -2.27. The first-order valence-corrected chi connectivity index (χ1v) is 14.1. The Hall–Kier alpha value is -2.82. The highest BCUT2D eigenvalue weighted by Gasteiger charge is 2.27. The summed E-state index contributed by atoms with van der Waals surface area (Å²) in [6.45, 7) is 3.02. The fourth-order valence-corrected chi connectivity index (χ4v) is 4.73. The molecule has 0 radical (unpaired) electrons. The maximum absolute atomic E-state index is 12.9. The number of hydroxylamine groups is 1. The lowest BCUT2D eigenvalue weighted by Crippen LogP contribution is -2.39. The highest BCUT2D eigenvalue weighted by atomic mass is 35.5. The molecule has 38 heavy (non-hydrogen) atoms. The molecular weight excluding hydrogens is 539 g/mol. The van der Waals surface area contributed by atoms with Crippen LogP contribution >= 0.6 is 19.4 Å². The SMILES string of the molecule is C/C1=C\C(NOCC(=O)N2CCCCC2)=C\c2c(Cl)c(OP(=O)(O)O)cc(O)c2C(=O)OCCC=CCC1. The molecule has 3 rings (SSSR count). The van der Waals surface area contributed by atoms with E-state index < -0.39 is 25.3 Å². The fourth-order valence-electron chi connectivity index (χ4n) is 4.03. The fraction of sp³-hybridized carbons (Fsp3) is 0.440. The first kappa shape index (κ1) is 29.7. The van der Waals surface area contributed by atoms with Crippen LogP contribution in [0.3, 0.4) is 0 Å². The first-order chi connectivity index (χ1) is 18.0. The van der Waals surface area contributed by atoms with E-state index in [0.29, 0.717) is 25.9 Å². The molecule has 13 heteroatoms. The summed E-state index contributed by atoms with van der Waals surface area (Å²) in [5, 5.41) is 10.3. The third-order valence-corrected chi connectivity index (χ3v) is 6.68. The molecule has 0 saturated carbocycles. The van der Waals surface area contributed by atoms with Gasteiger partial charge in [0.15, 0.2) is 12.4 Å². The van der Waals surface area contributed by atoms with Crippen molar-refractivity contribution < 1.29 is 43.1 Å². The van der Waals surface area contributed by atoms with Crippen molar-refractivity contribution in [2.45, 2.75) is 45.4 Å². The number of hydrogen-bond acceptors (Lipinski definition) is 8. The van der Waals surface area contributed by atoms with Gasteiger partial charge in [0.2, 0.25) is 0 Å². The van der Waals surface area contributed by atoms with Crippen molar-refractivity contribution >= 4 is 37.4 Å². The summed E-state index contributed by atoms with van der Waals surface area (Å²) < 4.78 is 21.4. The van der Waals surface area contributed by atoms with Crippen LogP contribution < -0.4 is 10.0 Å². The normalized spacial score (nSPS) is 20.2. The zero-order valence-corrected chi connectivity index (χ0v) is 22.7. The molecule has 2 aliphatic rings. The number of allylic oxidation sites excluding steroid dienone is 3.